The van der Waals surface area contributed by atoms with Gasteiger partial charge >= 0.3 is 0 Å². The number of carbonyl (C=O) groups excluding carboxylic acids is 1. The molecule has 0 spiro atoms. The van der Waals surface area contributed by atoms with Crippen LogP contribution in [0.5, 0.6) is 0 Å². The van der Waals surface area contributed by atoms with Gasteiger partial charge in [-0.2, -0.15) is 0 Å². The fourth-order valence-corrected chi connectivity index (χ4v) is 2.82. The molecule has 5 nitrogen and oxygen atoms in total. The molecule has 7 heteroatoms. The molecule has 0 heterocycles. The van der Waals surface area contributed by atoms with Crippen molar-refractivity contribution in [1.29, 1.82) is 0 Å². The van der Waals surface area contributed by atoms with E-state index in [0.717, 1.165) is 0 Å². The average Bonchev–Trinajstić information content (AvgIpc) is 2.29. The van der Waals surface area contributed by atoms with Gasteiger partial charge < -0.3 is 11.1 Å². The van der Waals surface area contributed by atoms with Crippen LogP contribution >= 0.6 is 11.6 Å². The first-order chi connectivity index (χ1) is 8.44. The maximum atomic E-state index is 11.6. The molecule has 1 aromatic carbocycles. The standard InChI is InChI=1S/C11H14ClN2O3S/c12-5-7-18(16,17)8-6-14-11(15)9-1-3-10(13)4-2-9/h1-4,13H,5-8H2,(H,14,15). The van der Waals surface area contributed by atoms with E-state index in [2.05, 4.69) is 5.32 Å². The van der Waals surface area contributed by atoms with Gasteiger partial charge in [0.25, 0.3) is 5.91 Å². The van der Waals surface area contributed by atoms with Crippen molar-refractivity contribution in [1.82, 2.24) is 11.1 Å². The molecule has 0 aliphatic heterocycles. The van der Waals surface area contributed by atoms with E-state index < -0.39 is 9.84 Å². The van der Waals surface area contributed by atoms with Crippen LogP contribution in [0.3, 0.4) is 0 Å². The van der Waals surface area contributed by atoms with Gasteiger partial charge in [0.05, 0.1) is 17.2 Å². The summed E-state index contributed by atoms with van der Waals surface area (Å²) in [4.78, 5) is 11.6. The number of alkyl halides is 1. The Hall–Kier alpha value is -1.27. The lowest BCUT2D eigenvalue weighted by Crippen LogP contribution is -2.30. The third-order valence-electron chi connectivity index (χ3n) is 2.23. The summed E-state index contributed by atoms with van der Waals surface area (Å²) >= 11 is 5.35. The Balaban J connectivity index is 2.45. The lowest BCUT2D eigenvalue weighted by Gasteiger charge is -2.05. The minimum Gasteiger partial charge on any atom is -0.351 e. The van der Waals surface area contributed by atoms with Crippen molar-refractivity contribution >= 4 is 33.0 Å². The van der Waals surface area contributed by atoms with Gasteiger partial charge in [-0.1, -0.05) is 0 Å². The van der Waals surface area contributed by atoms with Crippen molar-refractivity contribution in [2.24, 2.45) is 0 Å². The van der Waals surface area contributed by atoms with Crippen LogP contribution < -0.4 is 11.1 Å². The quantitative estimate of drug-likeness (QED) is 0.792. The zero-order valence-electron chi connectivity index (χ0n) is 9.65. The Morgan fingerprint density at radius 1 is 1.22 bits per heavy atom. The minimum atomic E-state index is -3.19. The van der Waals surface area contributed by atoms with E-state index in [1.807, 2.05) is 0 Å². The summed E-state index contributed by atoms with van der Waals surface area (Å²) in [5.41, 5.74) is 7.99. The SMILES string of the molecule is [NH]c1ccc(C(=O)NCCS(=O)(=O)CCCl)cc1. The zero-order valence-corrected chi connectivity index (χ0v) is 11.2. The number of hydrogen-bond acceptors (Lipinski definition) is 3. The number of nitrogens with one attached hydrogen (secondary N) is 2. The summed E-state index contributed by atoms with van der Waals surface area (Å²) in [7, 11) is -3.19. The monoisotopic (exact) mass is 289 g/mol. The van der Waals surface area contributed by atoms with Crippen LogP contribution in [0.25, 0.3) is 0 Å². The van der Waals surface area contributed by atoms with Crippen LogP contribution in [0.4, 0.5) is 5.69 Å². The van der Waals surface area contributed by atoms with Crippen LogP contribution in [0, 0.1) is 0 Å². The van der Waals surface area contributed by atoms with Crippen molar-refractivity contribution in [2.45, 2.75) is 0 Å². The summed E-state index contributed by atoms with van der Waals surface area (Å²) in [6.45, 7) is 0.0562. The van der Waals surface area contributed by atoms with Crippen LogP contribution in [0.15, 0.2) is 24.3 Å². The van der Waals surface area contributed by atoms with Gasteiger partial charge in [-0.3, -0.25) is 4.79 Å². The average molecular weight is 290 g/mol. The lowest BCUT2D eigenvalue weighted by molar-refractivity contribution is 0.0956. The first kappa shape index (κ1) is 14.8. The largest absolute Gasteiger partial charge is 0.351 e. The molecule has 1 radical (unpaired) electrons. The first-order valence-electron chi connectivity index (χ1n) is 5.31. The van der Waals surface area contributed by atoms with Crippen LogP contribution in [-0.2, 0) is 9.84 Å². The van der Waals surface area contributed by atoms with Gasteiger partial charge in [0.2, 0.25) is 0 Å². The van der Waals surface area contributed by atoms with E-state index in [9.17, 15) is 13.2 Å². The molecule has 0 aromatic heterocycles. The number of halogens is 1. The Morgan fingerprint density at radius 2 is 1.83 bits per heavy atom. The number of benzene rings is 1. The molecular formula is C11H14ClN2O3S. The van der Waals surface area contributed by atoms with Crippen molar-refractivity contribution in [3.05, 3.63) is 29.8 Å². The molecule has 0 aliphatic carbocycles. The van der Waals surface area contributed by atoms with Crippen molar-refractivity contribution in [2.75, 3.05) is 23.9 Å². The van der Waals surface area contributed by atoms with Gasteiger partial charge in [-0.15, -0.1) is 11.6 Å². The Kier molecular flexibility index (Phi) is 5.43. The Bertz CT molecular complexity index is 500. The van der Waals surface area contributed by atoms with E-state index >= 15 is 0 Å². The predicted octanol–water partition coefficient (Wildman–Crippen LogP) is 0.984. The molecule has 1 amide bonds. The third kappa shape index (κ3) is 4.93. The second-order valence-electron chi connectivity index (χ2n) is 3.67. The first-order valence-corrected chi connectivity index (χ1v) is 7.66. The van der Waals surface area contributed by atoms with Gasteiger partial charge in [-0.05, 0) is 24.3 Å². The molecule has 0 saturated carbocycles. The van der Waals surface area contributed by atoms with E-state index in [0.29, 0.717) is 11.3 Å². The molecule has 18 heavy (non-hydrogen) atoms. The number of hydrogen-bond donors (Lipinski definition) is 1. The second-order valence-corrected chi connectivity index (χ2v) is 6.36. The van der Waals surface area contributed by atoms with Gasteiger partial charge in [0, 0.05) is 18.0 Å². The molecule has 0 bridgehead atoms. The van der Waals surface area contributed by atoms with Gasteiger partial charge in [0.15, 0.2) is 9.84 Å². The number of carbonyl (C=O) groups is 1. The number of amides is 1. The third-order valence-corrected chi connectivity index (χ3v) is 4.30. The smallest absolute Gasteiger partial charge is 0.251 e. The molecule has 0 fully saturated rings. The molecule has 1 aromatic rings. The molecule has 2 N–H and O–H groups in total. The van der Waals surface area contributed by atoms with Crippen molar-refractivity contribution < 1.29 is 13.2 Å². The zero-order chi connectivity index (χ0) is 13.6. The fraction of sp³-hybridized carbons (Fsp3) is 0.364. The van der Waals surface area contributed by atoms with Gasteiger partial charge in [0.1, 0.15) is 0 Å². The number of sulfone groups is 1. The highest BCUT2D eigenvalue weighted by atomic mass is 35.5. The predicted molar refractivity (Wildman–Crippen MR) is 70.9 cm³/mol. The summed E-state index contributed by atoms with van der Waals surface area (Å²) < 4.78 is 22.7. The summed E-state index contributed by atoms with van der Waals surface area (Å²) in [5, 5.41) is 2.51. The Morgan fingerprint density at radius 3 is 2.39 bits per heavy atom. The van der Waals surface area contributed by atoms with Crippen LogP contribution in [-0.4, -0.2) is 38.3 Å². The van der Waals surface area contributed by atoms with Crippen molar-refractivity contribution in [3.63, 3.8) is 0 Å². The van der Waals surface area contributed by atoms with Gasteiger partial charge in [-0.25, -0.2) is 8.42 Å². The normalized spacial score (nSPS) is 11.2. The molecule has 0 unspecified atom stereocenters. The van der Waals surface area contributed by atoms with Crippen LogP contribution in [0.1, 0.15) is 10.4 Å². The Labute approximate surface area is 111 Å². The molecule has 1 rings (SSSR count). The highest BCUT2D eigenvalue weighted by Gasteiger charge is 2.11. The highest BCUT2D eigenvalue weighted by molar-refractivity contribution is 7.91. The molecule has 0 aliphatic rings. The topological polar surface area (TPSA) is 87.0 Å². The maximum absolute atomic E-state index is 11.6. The maximum Gasteiger partial charge on any atom is 0.251 e. The molecule has 0 saturated heterocycles. The van der Waals surface area contributed by atoms with E-state index in [1.165, 1.54) is 24.3 Å². The minimum absolute atomic E-state index is 0.0562. The summed E-state index contributed by atoms with van der Waals surface area (Å²) in [5.74, 6) is -0.502. The van der Waals surface area contributed by atoms with E-state index in [-0.39, 0.29) is 29.8 Å². The highest BCUT2D eigenvalue weighted by Crippen LogP contribution is 2.06. The number of rotatable bonds is 6. The summed E-state index contributed by atoms with van der Waals surface area (Å²) in [6, 6.07) is 6.04. The lowest BCUT2D eigenvalue weighted by atomic mass is 10.2. The van der Waals surface area contributed by atoms with Crippen LogP contribution in [0.2, 0.25) is 0 Å². The molecule has 99 valence electrons. The molecular weight excluding hydrogens is 276 g/mol. The summed E-state index contributed by atoms with van der Waals surface area (Å²) in [6.07, 6.45) is 0. The second kappa shape index (κ2) is 6.61. The van der Waals surface area contributed by atoms with Crippen molar-refractivity contribution in [3.8, 4) is 0 Å². The fourth-order valence-electron chi connectivity index (χ4n) is 1.26. The van der Waals surface area contributed by atoms with E-state index in [1.54, 1.807) is 0 Å². The van der Waals surface area contributed by atoms with E-state index in [4.69, 9.17) is 17.3 Å². The molecule has 0 atom stereocenters.